The second-order valence-electron chi connectivity index (χ2n) is 6.69. The van der Waals surface area contributed by atoms with E-state index in [4.69, 9.17) is 10.5 Å². The number of pyridine rings is 1. The van der Waals surface area contributed by atoms with Gasteiger partial charge in [-0.25, -0.2) is 18.4 Å². The number of imidazole rings is 1. The van der Waals surface area contributed by atoms with Gasteiger partial charge in [-0.15, -0.1) is 0 Å². The van der Waals surface area contributed by atoms with Gasteiger partial charge in [-0.05, 0) is 32.3 Å². The first kappa shape index (κ1) is 20.6. The van der Waals surface area contributed by atoms with E-state index in [1.165, 1.54) is 0 Å². The lowest BCUT2D eigenvalue weighted by Crippen LogP contribution is -2.15. The third kappa shape index (κ3) is 4.73. The van der Waals surface area contributed by atoms with Crippen LogP contribution in [0.1, 0.15) is 43.3 Å². The van der Waals surface area contributed by atoms with E-state index >= 15 is 0 Å². The number of anilines is 1. The average molecular weight is 383 g/mol. The van der Waals surface area contributed by atoms with Gasteiger partial charge < -0.3 is 15.0 Å². The number of sulfone groups is 1. The highest BCUT2D eigenvalue weighted by atomic mass is 32.2. The third-order valence-electron chi connectivity index (χ3n) is 4.65. The molecule has 8 heteroatoms. The summed E-state index contributed by atoms with van der Waals surface area (Å²) in [6.07, 6.45) is 2.80. The van der Waals surface area contributed by atoms with Crippen molar-refractivity contribution in [2.75, 3.05) is 31.0 Å². The molecule has 0 spiro atoms. The molecule has 0 unspecified atom stereocenters. The molecule has 0 atom stereocenters. The predicted molar refractivity (Wildman–Crippen MR) is 105 cm³/mol. The van der Waals surface area contributed by atoms with Gasteiger partial charge in [-0.3, -0.25) is 0 Å². The summed E-state index contributed by atoms with van der Waals surface area (Å²) in [5, 5.41) is 0. The number of aromatic nitrogens is 3. The summed E-state index contributed by atoms with van der Waals surface area (Å²) in [4.78, 5) is 9.03. The number of ether oxygens (including phenoxy) is 1. The number of unbranched alkanes of at least 4 members (excludes halogenated alkanes) is 1. The first-order chi connectivity index (χ1) is 12.3. The Hall–Kier alpha value is -1.67. The molecule has 0 aliphatic heterocycles. The van der Waals surface area contributed by atoms with Crippen LogP contribution in [0.5, 0.6) is 0 Å². The van der Waals surface area contributed by atoms with Crippen LogP contribution in [0.15, 0.2) is 0 Å². The van der Waals surface area contributed by atoms with Crippen molar-refractivity contribution in [1.82, 2.24) is 14.5 Å². The van der Waals surface area contributed by atoms with Crippen LogP contribution < -0.4 is 5.73 Å². The zero-order valence-corrected chi connectivity index (χ0v) is 17.0. The Morgan fingerprint density at radius 2 is 1.85 bits per heavy atom. The van der Waals surface area contributed by atoms with E-state index in [0.29, 0.717) is 37.3 Å². The van der Waals surface area contributed by atoms with Crippen LogP contribution in [-0.2, 0) is 27.5 Å². The molecular formula is C18H30N4O3S. The molecule has 2 rings (SSSR count). The number of hydrogen-bond acceptors (Lipinski definition) is 6. The Kier molecular flexibility index (Phi) is 7.00. The van der Waals surface area contributed by atoms with Gasteiger partial charge in [0, 0.05) is 25.8 Å². The molecule has 0 aliphatic carbocycles. The van der Waals surface area contributed by atoms with Crippen molar-refractivity contribution >= 4 is 26.7 Å². The standard InChI is InChI=1S/C18H30N4O3S/c1-5-6-11-26(23,24)12-7-9-22-15(8-10-25-4)21-16-17(22)13(2)14(3)20-18(16)19/h5-12H2,1-4H3,(H2,19,20). The first-order valence-corrected chi connectivity index (χ1v) is 10.9. The summed E-state index contributed by atoms with van der Waals surface area (Å²) in [5.41, 5.74) is 9.61. The molecule has 0 saturated carbocycles. The molecule has 0 amide bonds. The summed E-state index contributed by atoms with van der Waals surface area (Å²) in [7, 11) is -1.35. The summed E-state index contributed by atoms with van der Waals surface area (Å²) in [6, 6.07) is 0. The molecule has 0 fully saturated rings. The molecule has 26 heavy (non-hydrogen) atoms. The Bertz CT molecular complexity index is 859. The van der Waals surface area contributed by atoms with Crippen molar-refractivity contribution in [2.24, 2.45) is 0 Å². The van der Waals surface area contributed by atoms with Gasteiger partial charge in [0.15, 0.2) is 5.82 Å². The van der Waals surface area contributed by atoms with E-state index in [9.17, 15) is 8.42 Å². The quantitative estimate of drug-likeness (QED) is 0.677. The normalized spacial score (nSPS) is 12.2. The largest absolute Gasteiger partial charge is 0.384 e. The fourth-order valence-electron chi connectivity index (χ4n) is 3.08. The van der Waals surface area contributed by atoms with Gasteiger partial charge in [0.05, 0.1) is 23.6 Å². The van der Waals surface area contributed by atoms with E-state index in [1.807, 2.05) is 20.8 Å². The van der Waals surface area contributed by atoms with Gasteiger partial charge >= 0.3 is 0 Å². The number of methoxy groups -OCH3 is 1. The van der Waals surface area contributed by atoms with E-state index < -0.39 is 9.84 Å². The third-order valence-corrected chi connectivity index (χ3v) is 6.47. The van der Waals surface area contributed by atoms with E-state index in [2.05, 4.69) is 14.5 Å². The number of nitrogens with two attached hydrogens (primary N) is 1. The number of aryl methyl sites for hydroxylation is 3. The Morgan fingerprint density at radius 3 is 2.50 bits per heavy atom. The molecule has 146 valence electrons. The Labute approximate surface area is 155 Å². The number of hydrogen-bond donors (Lipinski definition) is 1. The van der Waals surface area contributed by atoms with E-state index in [-0.39, 0.29) is 11.5 Å². The maximum Gasteiger partial charge on any atom is 0.151 e. The highest BCUT2D eigenvalue weighted by molar-refractivity contribution is 7.91. The topological polar surface area (TPSA) is 100 Å². The van der Waals surface area contributed by atoms with Crippen LogP contribution >= 0.6 is 0 Å². The van der Waals surface area contributed by atoms with Gasteiger partial charge in [0.2, 0.25) is 0 Å². The smallest absolute Gasteiger partial charge is 0.151 e. The van der Waals surface area contributed by atoms with Crippen molar-refractivity contribution < 1.29 is 13.2 Å². The van der Waals surface area contributed by atoms with Gasteiger partial charge in [-0.1, -0.05) is 13.3 Å². The average Bonchev–Trinajstić information content (AvgIpc) is 2.95. The van der Waals surface area contributed by atoms with Crippen molar-refractivity contribution in [3.63, 3.8) is 0 Å². The van der Waals surface area contributed by atoms with Gasteiger partial charge in [0.1, 0.15) is 21.2 Å². The highest BCUT2D eigenvalue weighted by Crippen LogP contribution is 2.26. The van der Waals surface area contributed by atoms with E-state index in [1.54, 1.807) is 7.11 Å². The van der Waals surface area contributed by atoms with Crippen molar-refractivity contribution in [1.29, 1.82) is 0 Å². The molecule has 2 N–H and O–H groups in total. The van der Waals surface area contributed by atoms with Crippen LogP contribution in [0.25, 0.3) is 11.0 Å². The second kappa shape index (κ2) is 8.81. The molecule has 7 nitrogen and oxygen atoms in total. The molecular weight excluding hydrogens is 352 g/mol. The van der Waals surface area contributed by atoms with Crippen LogP contribution in [-0.4, -0.2) is 48.2 Å². The number of rotatable bonds is 10. The highest BCUT2D eigenvalue weighted by Gasteiger charge is 2.18. The summed E-state index contributed by atoms with van der Waals surface area (Å²) in [6.45, 7) is 7.06. The van der Waals surface area contributed by atoms with Crippen LogP contribution in [0, 0.1) is 13.8 Å². The molecule has 0 aliphatic rings. The van der Waals surface area contributed by atoms with Gasteiger partial charge in [0.25, 0.3) is 0 Å². The zero-order valence-electron chi connectivity index (χ0n) is 16.2. The lowest BCUT2D eigenvalue weighted by Gasteiger charge is -2.12. The Morgan fingerprint density at radius 1 is 1.15 bits per heavy atom. The van der Waals surface area contributed by atoms with Crippen molar-refractivity contribution in [3.05, 3.63) is 17.1 Å². The summed E-state index contributed by atoms with van der Waals surface area (Å²) < 4.78 is 31.6. The molecule has 0 radical (unpaired) electrons. The zero-order chi connectivity index (χ0) is 19.3. The van der Waals surface area contributed by atoms with Crippen molar-refractivity contribution in [2.45, 2.75) is 53.0 Å². The monoisotopic (exact) mass is 382 g/mol. The molecule has 0 saturated heterocycles. The molecule has 2 aromatic rings. The molecule has 2 aromatic heterocycles. The minimum absolute atomic E-state index is 0.189. The summed E-state index contributed by atoms with van der Waals surface area (Å²) >= 11 is 0. The maximum absolute atomic E-state index is 12.1. The lowest BCUT2D eigenvalue weighted by atomic mass is 10.2. The van der Waals surface area contributed by atoms with Gasteiger partial charge in [-0.2, -0.15) is 0 Å². The van der Waals surface area contributed by atoms with Crippen LogP contribution in [0.4, 0.5) is 5.82 Å². The number of nitrogen functional groups attached to an aromatic ring is 1. The second-order valence-corrected chi connectivity index (χ2v) is 8.99. The number of fused-ring (bicyclic) bond motifs is 1. The Balaban J connectivity index is 2.31. The minimum atomic E-state index is -3.00. The SMILES string of the molecule is CCCCS(=O)(=O)CCCn1c(CCOC)nc2c(N)nc(C)c(C)c21. The molecule has 2 heterocycles. The minimum Gasteiger partial charge on any atom is -0.384 e. The van der Waals surface area contributed by atoms with Crippen molar-refractivity contribution in [3.8, 4) is 0 Å². The van der Waals surface area contributed by atoms with Crippen LogP contribution in [0.2, 0.25) is 0 Å². The predicted octanol–water partition coefficient (Wildman–Crippen LogP) is 2.42. The first-order valence-electron chi connectivity index (χ1n) is 9.11. The lowest BCUT2D eigenvalue weighted by molar-refractivity contribution is 0.199. The van der Waals surface area contributed by atoms with E-state index in [0.717, 1.165) is 35.4 Å². The summed E-state index contributed by atoms with van der Waals surface area (Å²) in [5.74, 6) is 1.72. The fourth-order valence-corrected chi connectivity index (χ4v) is 4.58. The molecule has 0 bridgehead atoms. The number of nitrogens with zero attached hydrogens (tertiary/aromatic N) is 3. The fraction of sp³-hybridized carbons (Fsp3) is 0.667. The van der Waals surface area contributed by atoms with Crippen LogP contribution in [0.3, 0.4) is 0 Å². The maximum atomic E-state index is 12.1. The molecule has 0 aromatic carbocycles.